The SMILES string of the molecule is COc1ccc(CN2C(=O)C(O)=C(S(=O)(=O)c3ccc(C)cc3)[C@@H]2c2ccc(SC)cc2)cc1. The lowest BCUT2D eigenvalue weighted by Gasteiger charge is -2.27. The Labute approximate surface area is 203 Å². The molecule has 0 radical (unpaired) electrons. The topological polar surface area (TPSA) is 83.9 Å². The number of thioether (sulfide) groups is 1. The van der Waals surface area contributed by atoms with E-state index in [9.17, 15) is 18.3 Å². The number of methoxy groups -OCH3 is 1. The number of rotatable bonds is 7. The summed E-state index contributed by atoms with van der Waals surface area (Å²) in [6.45, 7) is 1.98. The molecule has 0 spiro atoms. The fraction of sp³-hybridized carbons (Fsp3) is 0.192. The fourth-order valence-corrected chi connectivity index (χ4v) is 6.01. The van der Waals surface area contributed by atoms with Crippen molar-refractivity contribution in [2.45, 2.75) is 29.3 Å². The Morgan fingerprint density at radius 3 is 2.15 bits per heavy atom. The smallest absolute Gasteiger partial charge is 0.290 e. The van der Waals surface area contributed by atoms with E-state index in [2.05, 4.69) is 0 Å². The number of carbonyl (C=O) groups excluding carboxylic acids is 1. The van der Waals surface area contributed by atoms with Gasteiger partial charge >= 0.3 is 0 Å². The lowest BCUT2D eigenvalue weighted by molar-refractivity contribution is -0.130. The highest BCUT2D eigenvalue weighted by Crippen LogP contribution is 2.43. The molecule has 0 aromatic heterocycles. The van der Waals surface area contributed by atoms with Crippen LogP contribution in [0.15, 0.2) is 93.3 Å². The molecule has 0 bridgehead atoms. The maximum absolute atomic E-state index is 13.7. The van der Waals surface area contributed by atoms with Gasteiger partial charge in [-0.25, -0.2) is 8.42 Å². The van der Waals surface area contributed by atoms with Crippen LogP contribution in [0.2, 0.25) is 0 Å². The zero-order valence-electron chi connectivity index (χ0n) is 19.1. The highest BCUT2D eigenvalue weighted by Gasteiger charge is 2.46. The van der Waals surface area contributed by atoms with Crippen molar-refractivity contribution in [3.8, 4) is 5.75 Å². The number of aliphatic hydroxyl groups is 1. The summed E-state index contributed by atoms with van der Waals surface area (Å²) in [7, 11) is -2.58. The molecule has 0 saturated heterocycles. The summed E-state index contributed by atoms with van der Waals surface area (Å²) in [6.07, 6.45) is 1.95. The normalized spacial score (nSPS) is 16.3. The third kappa shape index (κ3) is 4.43. The Morgan fingerprint density at radius 1 is 0.971 bits per heavy atom. The molecule has 1 amide bonds. The van der Waals surface area contributed by atoms with E-state index >= 15 is 0 Å². The fourth-order valence-electron chi connectivity index (χ4n) is 3.96. The van der Waals surface area contributed by atoms with Crippen molar-refractivity contribution in [2.24, 2.45) is 0 Å². The van der Waals surface area contributed by atoms with Gasteiger partial charge < -0.3 is 14.7 Å². The average Bonchev–Trinajstić information content (AvgIpc) is 3.10. The van der Waals surface area contributed by atoms with E-state index in [1.165, 1.54) is 17.0 Å². The zero-order chi connectivity index (χ0) is 24.5. The first-order valence-electron chi connectivity index (χ1n) is 10.6. The molecule has 1 heterocycles. The number of benzene rings is 3. The van der Waals surface area contributed by atoms with Crippen LogP contribution in [0.1, 0.15) is 22.7 Å². The van der Waals surface area contributed by atoms with Crippen LogP contribution in [-0.2, 0) is 21.2 Å². The molecule has 4 rings (SSSR count). The number of hydrogen-bond donors (Lipinski definition) is 1. The molecule has 34 heavy (non-hydrogen) atoms. The molecular weight excluding hydrogens is 470 g/mol. The van der Waals surface area contributed by atoms with Gasteiger partial charge in [0.2, 0.25) is 9.84 Å². The molecular formula is C26H25NO5S2. The van der Waals surface area contributed by atoms with Crippen molar-refractivity contribution in [2.75, 3.05) is 13.4 Å². The minimum absolute atomic E-state index is 0.0319. The van der Waals surface area contributed by atoms with Crippen molar-refractivity contribution in [1.29, 1.82) is 0 Å². The van der Waals surface area contributed by atoms with E-state index in [1.807, 2.05) is 37.4 Å². The molecule has 1 N–H and O–H groups in total. The summed E-state index contributed by atoms with van der Waals surface area (Å²) in [5, 5.41) is 10.9. The maximum atomic E-state index is 13.7. The summed E-state index contributed by atoms with van der Waals surface area (Å²) in [5.41, 5.74) is 2.29. The Morgan fingerprint density at radius 2 is 1.59 bits per heavy atom. The second-order valence-corrected chi connectivity index (χ2v) is 10.8. The van der Waals surface area contributed by atoms with Gasteiger partial charge in [-0.1, -0.05) is 42.0 Å². The van der Waals surface area contributed by atoms with Gasteiger partial charge in [0.1, 0.15) is 10.7 Å². The quantitative estimate of drug-likeness (QED) is 0.462. The van der Waals surface area contributed by atoms with Gasteiger partial charge in [0.25, 0.3) is 5.91 Å². The van der Waals surface area contributed by atoms with Gasteiger partial charge in [0, 0.05) is 11.4 Å². The van der Waals surface area contributed by atoms with Gasteiger partial charge in [-0.15, -0.1) is 11.8 Å². The van der Waals surface area contributed by atoms with Crippen LogP contribution in [0.4, 0.5) is 0 Å². The number of hydrogen-bond acceptors (Lipinski definition) is 6. The molecule has 1 aliphatic heterocycles. The highest BCUT2D eigenvalue weighted by atomic mass is 32.2. The van der Waals surface area contributed by atoms with Gasteiger partial charge in [-0.3, -0.25) is 4.79 Å². The molecule has 0 fully saturated rings. The number of nitrogens with zero attached hydrogens (tertiary/aromatic N) is 1. The largest absolute Gasteiger partial charge is 0.502 e. The van der Waals surface area contributed by atoms with Gasteiger partial charge in [0.05, 0.1) is 18.0 Å². The van der Waals surface area contributed by atoms with Gasteiger partial charge in [0.15, 0.2) is 5.76 Å². The Kier molecular flexibility index (Phi) is 6.72. The Balaban J connectivity index is 1.82. The molecule has 176 valence electrons. The molecule has 0 saturated carbocycles. The predicted molar refractivity (Wildman–Crippen MR) is 133 cm³/mol. The lowest BCUT2D eigenvalue weighted by atomic mass is 10.1. The van der Waals surface area contributed by atoms with Crippen LogP contribution in [-0.4, -0.2) is 37.7 Å². The Bertz CT molecular complexity index is 1330. The van der Waals surface area contributed by atoms with Crippen LogP contribution in [0.5, 0.6) is 5.75 Å². The van der Waals surface area contributed by atoms with Crippen molar-refractivity contribution in [1.82, 2.24) is 4.90 Å². The lowest BCUT2D eigenvalue weighted by Crippen LogP contribution is -2.30. The second-order valence-electron chi connectivity index (χ2n) is 7.99. The molecule has 3 aromatic rings. The summed E-state index contributed by atoms with van der Waals surface area (Å²) in [4.78, 5) is 15.3. The van der Waals surface area contributed by atoms with Crippen LogP contribution < -0.4 is 4.74 Å². The van der Waals surface area contributed by atoms with Crippen LogP contribution in [0.3, 0.4) is 0 Å². The number of aliphatic hydroxyl groups excluding tert-OH is 1. The number of amides is 1. The number of aryl methyl sites for hydroxylation is 1. The van der Waals surface area contributed by atoms with E-state index in [0.717, 1.165) is 16.0 Å². The molecule has 6 nitrogen and oxygen atoms in total. The first-order chi connectivity index (χ1) is 16.3. The highest BCUT2D eigenvalue weighted by molar-refractivity contribution is 7.98. The number of carbonyl (C=O) groups is 1. The predicted octanol–water partition coefficient (Wildman–Crippen LogP) is 5.05. The first-order valence-corrected chi connectivity index (χ1v) is 13.3. The molecule has 0 unspecified atom stereocenters. The first kappa shape index (κ1) is 23.9. The van der Waals surface area contributed by atoms with E-state index < -0.39 is 27.5 Å². The van der Waals surface area contributed by atoms with Crippen LogP contribution >= 0.6 is 11.8 Å². The molecule has 0 aliphatic carbocycles. The Hall–Kier alpha value is -3.23. The van der Waals surface area contributed by atoms with E-state index in [4.69, 9.17) is 4.74 Å². The van der Waals surface area contributed by atoms with Gasteiger partial charge in [-0.05, 0) is 60.7 Å². The standard InChI is InChI=1S/C26H25NO5S2/c1-17-4-14-22(15-5-17)34(30,31)25-23(19-8-12-21(33-3)13-9-19)27(26(29)24(25)28)16-18-6-10-20(32-2)11-7-18/h4-15,23,28H,16H2,1-3H3/t23-/m0/s1. The summed E-state index contributed by atoms with van der Waals surface area (Å²) < 4.78 is 32.5. The minimum Gasteiger partial charge on any atom is -0.502 e. The molecule has 3 aromatic carbocycles. The van der Waals surface area contributed by atoms with Crippen LogP contribution in [0, 0.1) is 6.92 Å². The summed E-state index contributed by atoms with van der Waals surface area (Å²) in [5.74, 6) is -0.794. The van der Waals surface area contributed by atoms with Crippen molar-refractivity contribution in [3.63, 3.8) is 0 Å². The zero-order valence-corrected chi connectivity index (χ0v) is 20.7. The van der Waals surface area contributed by atoms with Gasteiger partial charge in [-0.2, -0.15) is 0 Å². The van der Waals surface area contributed by atoms with E-state index in [-0.39, 0.29) is 16.3 Å². The molecule has 8 heteroatoms. The van der Waals surface area contributed by atoms with E-state index in [0.29, 0.717) is 11.3 Å². The summed E-state index contributed by atoms with van der Waals surface area (Å²) in [6, 6.07) is 19.9. The van der Waals surface area contributed by atoms with Crippen LogP contribution in [0.25, 0.3) is 0 Å². The monoisotopic (exact) mass is 495 g/mol. The van der Waals surface area contributed by atoms with Crippen molar-refractivity contribution in [3.05, 3.63) is 100 Å². The maximum Gasteiger partial charge on any atom is 0.290 e. The van der Waals surface area contributed by atoms with Crippen molar-refractivity contribution < 1.29 is 23.1 Å². The summed E-state index contributed by atoms with van der Waals surface area (Å²) >= 11 is 1.56. The molecule has 1 aliphatic rings. The number of sulfone groups is 1. The number of ether oxygens (including phenoxy) is 1. The minimum atomic E-state index is -4.14. The third-order valence-corrected chi connectivity index (χ3v) is 8.45. The van der Waals surface area contributed by atoms with E-state index in [1.54, 1.807) is 55.3 Å². The molecule has 1 atom stereocenters. The third-order valence-electron chi connectivity index (χ3n) is 5.82. The average molecular weight is 496 g/mol. The van der Waals surface area contributed by atoms with Crippen molar-refractivity contribution >= 4 is 27.5 Å². The second kappa shape index (κ2) is 9.56.